The molecule has 1 aliphatic heterocycles. The van der Waals surface area contributed by atoms with Crippen LogP contribution in [-0.2, 0) is 0 Å². The number of rotatable bonds is 7. The highest BCUT2D eigenvalue weighted by Gasteiger charge is 2.38. The van der Waals surface area contributed by atoms with Gasteiger partial charge in [-0.15, -0.1) is 10.2 Å². The third-order valence-corrected chi connectivity index (χ3v) is 8.37. The lowest BCUT2D eigenvalue weighted by Crippen LogP contribution is -2.59. The van der Waals surface area contributed by atoms with Gasteiger partial charge in [0.1, 0.15) is 29.4 Å². The number of benzene rings is 1. The lowest BCUT2D eigenvalue weighted by Gasteiger charge is -2.49. The Morgan fingerprint density at radius 1 is 1.05 bits per heavy atom. The predicted octanol–water partition coefficient (Wildman–Crippen LogP) is 5.39. The fourth-order valence-electron chi connectivity index (χ4n) is 6.14. The summed E-state index contributed by atoms with van der Waals surface area (Å²) in [5.41, 5.74) is 3.78. The summed E-state index contributed by atoms with van der Waals surface area (Å²) in [7, 11) is 0. The van der Waals surface area contributed by atoms with Crippen molar-refractivity contribution in [2.75, 3.05) is 18.0 Å². The number of anilines is 1. The molecule has 3 aromatic heterocycles. The normalized spacial score (nSPS) is 21.2. The third kappa shape index (κ3) is 4.17. The maximum atomic E-state index is 15.4. The summed E-state index contributed by atoms with van der Waals surface area (Å²) < 4.78 is 17.3. The van der Waals surface area contributed by atoms with Crippen LogP contribution in [-0.4, -0.2) is 54.6 Å². The Bertz CT molecular complexity index is 1520. The Morgan fingerprint density at radius 3 is 2.55 bits per heavy atom. The summed E-state index contributed by atoms with van der Waals surface area (Å²) in [6.07, 6.45) is 6.62. The molecular weight excluding hydrogens is 479 g/mol. The summed E-state index contributed by atoms with van der Waals surface area (Å²) in [5.74, 6) is 1.70. The van der Waals surface area contributed by atoms with Crippen molar-refractivity contribution in [3.05, 3.63) is 59.3 Å². The lowest BCUT2D eigenvalue weighted by atomic mass is 9.93. The van der Waals surface area contributed by atoms with Crippen molar-refractivity contribution in [1.29, 1.82) is 5.26 Å². The second kappa shape index (κ2) is 9.91. The zero-order valence-electron chi connectivity index (χ0n) is 22.2. The zero-order valence-corrected chi connectivity index (χ0v) is 22.2. The highest BCUT2D eigenvalue weighted by atomic mass is 19.1. The van der Waals surface area contributed by atoms with Crippen LogP contribution in [0.15, 0.2) is 36.7 Å². The first-order valence-corrected chi connectivity index (χ1v) is 13.8. The minimum atomic E-state index is -0.0790. The van der Waals surface area contributed by atoms with Gasteiger partial charge >= 0.3 is 0 Å². The van der Waals surface area contributed by atoms with E-state index < -0.39 is 0 Å². The maximum absolute atomic E-state index is 15.4. The molecule has 196 valence electrons. The van der Waals surface area contributed by atoms with Crippen molar-refractivity contribution in [1.82, 2.24) is 29.5 Å². The molecule has 1 saturated heterocycles. The van der Waals surface area contributed by atoms with E-state index in [0.717, 1.165) is 54.8 Å². The van der Waals surface area contributed by atoms with Crippen LogP contribution in [0.5, 0.6) is 0 Å². The van der Waals surface area contributed by atoms with Crippen LogP contribution in [0.4, 0.5) is 10.2 Å². The van der Waals surface area contributed by atoms with Crippen molar-refractivity contribution in [2.45, 2.75) is 76.9 Å². The molecule has 0 unspecified atom stereocenters. The quantitative estimate of drug-likeness (QED) is 0.328. The second-order valence-electron chi connectivity index (χ2n) is 10.6. The molecule has 0 amide bonds. The molecular formula is C29H33FN8. The number of hydrogen-bond donors (Lipinski definition) is 0. The number of halogens is 1. The van der Waals surface area contributed by atoms with E-state index in [1.807, 2.05) is 16.5 Å². The van der Waals surface area contributed by atoms with Crippen molar-refractivity contribution in [3.63, 3.8) is 0 Å². The number of aromatic nitrogens is 5. The molecule has 2 aliphatic rings. The molecule has 1 saturated carbocycles. The number of hydrogen-bond acceptors (Lipinski definition) is 7. The molecule has 0 N–H and O–H groups in total. The van der Waals surface area contributed by atoms with E-state index in [9.17, 15) is 5.26 Å². The smallest absolute Gasteiger partial charge is 0.257 e. The van der Waals surface area contributed by atoms with Gasteiger partial charge < -0.3 is 4.90 Å². The van der Waals surface area contributed by atoms with Gasteiger partial charge in [-0.2, -0.15) is 10.2 Å². The third-order valence-electron chi connectivity index (χ3n) is 8.37. The van der Waals surface area contributed by atoms with Crippen molar-refractivity contribution in [3.8, 4) is 6.07 Å². The van der Waals surface area contributed by atoms with Gasteiger partial charge in [-0.3, -0.25) is 9.30 Å². The average Bonchev–Trinajstić information content (AvgIpc) is 3.69. The van der Waals surface area contributed by atoms with Crippen LogP contribution in [0.2, 0.25) is 0 Å². The first-order chi connectivity index (χ1) is 18.6. The highest BCUT2D eigenvalue weighted by molar-refractivity contribution is 5.88. The van der Waals surface area contributed by atoms with Gasteiger partial charge in [-0.25, -0.2) is 9.37 Å². The number of pyridine rings is 1. The van der Waals surface area contributed by atoms with Crippen LogP contribution >= 0.6 is 0 Å². The number of piperazine rings is 1. The van der Waals surface area contributed by atoms with Crippen LogP contribution in [0.3, 0.4) is 0 Å². The fourth-order valence-corrected chi connectivity index (χ4v) is 6.14. The predicted molar refractivity (Wildman–Crippen MR) is 144 cm³/mol. The Hall–Kier alpha value is -3.64. The van der Waals surface area contributed by atoms with Crippen LogP contribution in [0.1, 0.15) is 81.7 Å². The van der Waals surface area contributed by atoms with E-state index >= 15 is 4.39 Å². The largest absolute Gasteiger partial charge is 0.349 e. The monoisotopic (exact) mass is 512 g/mol. The Balaban J connectivity index is 1.39. The molecule has 0 bridgehead atoms. The van der Waals surface area contributed by atoms with Gasteiger partial charge in [0.2, 0.25) is 0 Å². The summed E-state index contributed by atoms with van der Waals surface area (Å²) in [6, 6.07) is 12.1. The van der Waals surface area contributed by atoms with Crippen molar-refractivity contribution >= 4 is 22.6 Å². The van der Waals surface area contributed by atoms with Crippen molar-refractivity contribution in [2.24, 2.45) is 0 Å². The minimum Gasteiger partial charge on any atom is -0.349 e. The SMILES string of the molecule is CC[C@H]1CN([C@H](CC)c2ccc(C3CC3)cc2F)[C@H](CC)CN1c1nc2nncn2c2ccc(C#N)nc12. The molecule has 6 rings (SSSR count). The molecule has 4 aromatic rings. The molecule has 8 nitrogen and oxygen atoms in total. The zero-order chi connectivity index (χ0) is 26.4. The lowest BCUT2D eigenvalue weighted by molar-refractivity contribution is 0.0877. The standard InChI is InChI=1S/C29H33FN8/c1-4-21-16-37(28-27-26(12-10-20(14-31)33-27)38-17-32-35-29(38)34-28)22(5-2)15-36(21)25(6-3)23-11-9-19(13-24(23)30)18-7-8-18/h9-13,17-18,21-22,25H,4-8,15-16H2,1-3H3/t21-,22+,25-/m1/s1. The van der Waals surface area contributed by atoms with Gasteiger partial charge in [0.25, 0.3) is 5.78 Å². The van der Waals surface area contributed by atoms with E-state index in [-0.39, 0.29) is 23.9 Å². The van der Waals surface area contributed by atoms with Crippen LogP contribution in [0, 0.1) is 17.1 Å². The Labute approximate surface area is 222 Å². The topological polar surface area (TPSA) is 86.2 Å². The molecule has 0 radical (unpaired) electrons. The summed E-state index contributed by atoms with van der Waals surface area (Å²) >= 11 is 0. The van der Waals surface area contributed by atoms with Gasteiger partial charge in [0, 0.05) is 36.8 Å². The van der Waals surface area contributed by atoms with E-state index in [2.05, 4.69) is 57.9 Å². The summed E-state index contributed by atoms with van der Waals surface area (Å²) in [6.45, 7) is 8.05. The van der Waals surface area contributed by atoms with E-state index in [1.165, 1.54) is 12.8 Å². The number of fused-ring (bicyclic) bond motifs is 3. The highest BCUT2D eigenvalue weighted by Crippen LogP contribution is 2.42. The van der Waals surface area contributed by atoms with Gasteiger partial charge in [0.05, 0.1) is 5.52 Å². The molecule has 4 heterocycles. The minimum absolute atomic E-state index is 0.0106. The van der Waals surface area contributed by atoms with E-state index in [0.29, 0.717) is 22.9 Å². The summed E-state index contributed by atoms with van der Waals surface area (Å²) in [5, 5.41) is 17.8. The Morgan fingerprint density at radius 2 is 1.87 bits per heavy atom. The number of nitriles is 1. The molecule has 38 heavy (non-hydrogen) atoms. The molecule has 0 spiro atoms. The van der Waals surface area contributed by atoms with E-state index in [4.69, 9.17) is 4.98 Å². The first-order valence-electron chi connectivity index (χ1n) is 13.8. The fraction of sp³-hybridized carbons (Fsp3) is 0.483. The van der Waals surface area contributed by atoms with Gasteiger partial charge in [-0.05, 0) is 61.8 Å². The van der Waals surface area contributed by atoms with Crippen molar-refractivity contribution < 1.29 is 4.39 Å². The maximum Gasteiger partial charge on any atom is 0.257 e. The van der Waals surface area contributed by atoms with Crippen LogP contribution < -0.4 is 4.90 Å². The molecule has 2 fully saturated rings. The van der Waals surface area contributed by atoms with Gasteiger partial charge in [0.15, 0.2) is 5.82 Å². The second-order valence-corrected chi connectivity index (χ2v) is 10.6. The molecule has 1 aliphatic carbocycles. The Kier molecular flexibility index (Phi) is 6.44. The molecule has 9 heteroatoms. The first kappa shape index (κ1) is 24.7. The number of nitrogens with zero attached hydrogens (tertiary/aromatic N) is 8. The molecule has 3 atom stereocenters. The summed E-state index contributed by atoms with van der Waals surface area (Å²) in [4.78, 5) is 14.4. The van der Waals surface area contributed by atoms with Gasteiger partial charge in [-0.1, -0.05) is 32.9 Å². The average molecular weight is 513 g/mol. The van der Waals surface area contributed by atoms with Crippen LogP contribution in [0.25, 0.3) is 16.8 Å². The molecule has 1 aromatic carbocycles. The van der Waals surface area contributed by atoms with E-state index in [1.54, 1.807) is 18.5 Å².